The highest BCUT2D eigenvalue weighted by Crippen LogP contribution is 2.38. The van der Waals surface area contributed by atoms with Crippen molar-refractivity contribution in [2.45, 2.75) is 12.3 Å². The highest BCUT2D eigenvalue weighted by molar-refractivity contribution is 14.1. The van der Waals surface area contributed by atoms with E-state index in [0.717, 1.165) is 24.9 Å². The van der Waals surface area contributed by atoms with Crippen LogP contribution in [0.3, 0.4) is 0 Å². The Morgan fingerprint density at radius 3 is 2.58 bits per heavy atom. The molecule has 2 aromatic rings. The SMILES string of the molecule is COc1ccc(C)cc1C(Cl)c1cc(Br)ccc1I. The van der Waals surface area contributed by atoms with Crippen LogP contribution in [-0.2, 0) is 0 Å². The number of benzene rings is 2. The number of hydrogen-bond acceptors (Lipinski definition) is 1. The second-order valence-electron chi connectivity index (χ2n) is 4.27. The monoisotopic (exact) mass is 450 g/mol. The molecule has 2 aromatic carbocycles. The minimum absolute atomic E-state index is 0.223. The van der Waals surface area contributed by atoms with E-state index in [4.69, 9.17) is 16.3 Å². The maximum atomic E-state index is 6.66. The van der Waals surface area contributed by atoms with Crippen molar-refractivity contribution in [2.24, 2.45) is 0 Å². The lowest BCUT2D eigenvalue weighted by Crippen LogP contribution is -2.00. The zero-order valence-corrected chi connectivity index (χ0v) is 15.1. The zero-order chi connectivity index (χ0) is 14.0. The van der Waals surface area contributed by atoms with Crippen LogP contribution in [0, 0.1) is 10.5 Å². The molecule has 0 fully saturated rings. The Labute approximate surface area is 140 Å². The average molecular weight is 452 g/mol. The Balaban J connectivity index is 2.51. The molecule has 0 saturated carbocycles. The summed E-state index contributed by atoms with van der Waals surface area (Å²) in [6, 6.07) is 12.2. The molecule has 0 aliphatic carbocycles. The van der Waals surface area contributed by atoms with E-state index in [2.05, 4.69) is 63.6 Å². The van der Waals surface area contributed by atoms with Crippen LogP contribution >= 0.6 is 50.1 Å². The predicted molar refractivity (Wildman–Crippen MR) is 92.3 cm³/mol. The molecule has 19 heavy (non-hydrogen) atoms. The zero-order valence-electron chi connectivity index (χ0n) is 10.6. The number of rotatable bonds is 3. The third-order valence-corrected chi connectivity index (χ3v) is 4.84. The van der Waals surface area contributed by atoms with Gasteiger partial charge in [-0.2, -0.15) is 0 Å². The molecule has 0 N–H and O–H groups in total. The summed E-state index contributed by atoms with van der Waals surface area (Å²) in [6.07, 6.45) is 0. The highest BCUT2D eigenvalue weighted by Gasteiger charge is 2.18. The summed E-state index contributed by atoms with van der Waals surface area (Å²) < 4.78 is 7.59. The van der Waals surface area contributed by atoms with Gasteiger partial charge in [0.25, 0.3) is 0 Å². The molecule has 100 valence electrons. The predicted octanol–water partition coefficient (Wildman–Crippen LogP) is 5.70. The Bertz CT molecular complexity index is 601. The number of aryl methyl sites for hydroxylation is 1. The normalized spacial score (nSPS) is 12.3. The summed E-state index contributed by atoms with van der Waals surface area (Å²) in [6.45, 7) is 2.05. The molecule has 1 nitrogen and oxygen atoms in total. The fourth-order valence-electron chi connectivity index (χ4n) is 1.93. The van der Waals surface area contributed by atoms with Gasteiger partial charge in [-0.05, 0) is 59.3 Å². The van der Waals surface area contributed by atoms with E-state index in [1.165, 1.54) is 5.56 Å². The van der Waals surface area contributed by atoms with Crippen molar-refractivity contribution in [1.29, 1.82) is 0 Å². The highest BCUT2D eigenvalue weighted by atomic mass is 127. The number of halogens is 3. The Morgan fingerprint density at radius 1 is 1.16 bits per heavy atom. The van der Waals surface area contributed by atoms with Gasteiger partial charge in [0, 0.05) is 13.6 Å². The first-order valence-corrected chi connectivity index (χ1v) is 8.07. The molecule has 2 rings (SSSR count). The van der Waals surface area contributed by atoms with E-state index < -0.39 is 0 Å². The second kappa shape index (κ2) is 6.46. The van der Waals surface area contributed by atoms with Crippen LogP contribution < -0.4 is 4.74 Å². The molecule has 0 heterocycles. The molecule has 0 amide bonds. The van der Waals surface area contributed by atoms with Crippen molar-refractivity contribution >= 4 is 50.1 Å². The first kappa shape index (κ1) is 15.1. The largest absolute Gasteiger partial charge is 0.496 e. The minimum Gasteiger partial charge on any atom is -0.496 e. The quantitative estimate of drug-likeness (QED) is 0.430. The maximum Gasteiger partial charge on any atom is 0.123 e. The molecule has 0 bridgehead atoms. The number of hydrogen-bond donors (Lipinski definition) is 0. The Kier molecular flexibility index (Phi) is 5.15. The topological polar surface area (TPSA) is 9.23 Å². The van der Waals surface area contributed by atoms with Gasteiger partial charge in [0.15, 0.2) is 0 Å². The Hall–Kier alpha value is -0.260. The number of methoxy groups -OCH3 is 1. The van der Waals surface area contributed by atoms with Crippen molar-refractivity contribution in [2.75, 3.05) is 7.11 Å². The second-order valence-corrected chi connectivity index (χ2v) is 6.79. The standard InChI is InChI=1S/C15H13BrClIO/c1-9-3-6-14(19-2)12(7-9)15(17)11-8-10(16)4-5-13(11)18/h3-8,15H,1-2H3. The summed E-state index contributed by atoms with van der Waals surface area (Å²) in [5, 5.41) is -0.223. The lowest BCUT2D eigenvalue weighted by molar-refractivity contribution is 0.410. The van der Waals surface area contributed by atoms with Crippen molar-refractivity contribution in [1.82, 2.24) is 0 Å². The van der Waals surface area contributed by atoms with Gasteiger partial charge in [-0.15, -0.1) is 11.6 Å². The molecule has 0 radical (unpaired) electrons. The molecular formula is C15H13BrClIO. The maximum absolute atomic E-state index is 6.66. The van der Waals surface area contributed by atoms with E-state index in [9.17, 15) is 0 Å². The summed E-state index contributed by atoms with van der Waals surface area (Å²) in [7, 11) is 1.67. The van der Waals surface area contributed by atoms with E-state index in [0.29, 0.717) is 0 Å². The van der Waals surface area contributed by atoms with E-state index in [1.807, 2.05) is 18.2 Å². The lowest BCUT2D eigenvalue weighted by atomic mass is 10.0. The van der Waals surface area contributed by atoms with E-state index in [1.54, 1.807) is 7.11 Å². The first-order valence-electron chi connectivity index (χ1n) is 5.76. The van der Waals surface area contributed by atoms with Crippen molar-refractivity contribution in [3.63, 3.8) is 0 Å². The van der Waals surface area contributed by atoms with E-state index >= 15 is 0 Å². The molecule has 0 aliphatic rings. The van der Waals surface area contributed by atoms with Crippen molar-refractivity contribution < 1.29 is 4.74 Å². The van der Waals surface area contributed by atoms with Crippen LogP contribution in [-0.4, -0.2) is 7.11 Å². The average Bonchev–Trinajstić information content (AvgIpc) is 2.40. The lowest BCUT2D eigenvalue weighted by Gasteiger charge is -2.16. The van der Waals surface area contributed by atoms with Crippen LogP contribution in [0.15, 0.2) is 40.9 Å². The van der Waals surface area contributed by atoms with Crippen LogP contribution in [0.5, 0.6) is 5.75 Å². The summed E-state index contributed by atoms with van der Waals surface area (Å²) >= 11 is 12.5. The van der Waals surface area contributed by atoms with Crippen molar-refractivity contribution in [3.8, 4) is 5.75 Å². The van der Waals surface area contributed by atoms with Crippen LogP contribution in [0.4, 0.5) is 0 Å². The Morgan fingerprint density at radius 2 is 1.89 bits per heavy atom. The third kappa shape index (κ3) is 3.44. The van der Waals surface area contributed by atoms with Crippen LogP contribution in [0.1, 0.15) is 22.1 Å². The molecule has 1 atom stereocenters. The van der Waals surface area contributed by atoms with Gasteiger partial charge in [-0.25, -0.2) is 0 Å². The van der Waals surface area contributed by atoms with Gasteiger partial charge in [-0.3, -0.25) is 0 Å². The van der Waals surface area contributed by atoms with Gasteiger partial charge in [0.05, 0.1) is 12.5 Å². The summed E-state index contributed by atoms with van der Waals surface area (Å²) in [5.74, 6) is 0.821. The summed E-state index contributed by atoms with van der Waals surface area (Å²) in [4.78, 5) is 0. The fourth-order valence-corrected chi connectivity index (χ4v) is 3.49. The molecule has 1 unspecified atom stereocenters. The molecule has 0 spiro atoms. The van der Waals surface area contributed by atoms with Crippen LogP contribution in [0.25, 0.3) is 0 Å². The van der Waals surface area contributed by atoms with Gasteiger partial charge in [0.2, 0.25) is 0 Å². The third-order valence-electron chi connectivity index (χ3n) is 2.89. The van der Waals surface area contributed by atoms with Crippen molar-refractivity contribution in [3.05, 3.63) is 61.1 Å². The first-order chi connectivity index (χ1) is 9.02. The van der Waals surface area contributed by atoms with Crippen LogP contribution in [0.2, 0.25) is 0 Å². The molecule has 0 saturated heterocycles. The van der Waals surface area contributed by atoms with Gasteiger partial charge < -0.3 is 4.74 Å². The van der Waals surface area contributed by atoms with Gasteiger partial charge in [0.1, 0.15) is 5.75 Å². The van der Waals surface area contributed by atoms with Gasteiger partial charge >= 0.3 is 0 Å². The fraction of sp³-hybridized carbons (Fsp3) is 0.200. The smallest absolute Gasteiger partial charge is 0.123 e. The minimum atomic E-state index is -0.223. The van der Waals surface area contributed by atoms with E-state index in [-0.39, 0.29) is 5.38 Å². The molecular weight excluding hydrogens is 438 g/mol. The molecule has 0 aromatic heterocycles. The molecule has 0 aliphatic heterocycles. The molecule has 4 heteroatoms. The number of alkyl halides is 1. The van der Waals surface area contributed by atoms with Gasteiger partial charge in [-0.1, -0.05) is 33.6 Å². The summed E-state index contributed by atoms with van der Waals surface area (Å²) in [5.41, 5.74) is 3.26. The number of ether oxygens (including phenoxy) is 1.